The molecule has 0 bridgehead atoms. The summed E-state index contributed by atoms with van der Waals surface area (Å²) in [5, 5.41) is 13.4. The summed E-state index contributed by atoms with van der Waals surface area (Å²) in [5.74, 6) is -0.555. The van der Waals surface area contributed by atoms with E-state index < -0.39 is 18.9 Å². The van der Waals surface area contributed by atoms with Crippen LogP contribution < -0.4 is 10.6 Å². The van der Waals surface area contributed by atoms with Gasteiger partial charge in [0.2, 0.25) is 5.90 Å². The molecule has 42 heavy (non-hydrogen) atoms. The van der Waals surface area contributed by atoms with Gasteiger partial charge in [-0.3, -0.25) is 14.3 Å². The minimum absolute atomic E-state index is 0.0255. The Balaban J connectivity index is 1.37. The normalized spacial score (nSPS) is 20.5. The van der Waals surface area contributed by atoms with Crippen LogP contribution in [0.2, 0.25) is 0 Å². The largest absolute Gasteiger partial charge is 0.406 e. The number of hydrogen-bond donors (Lipinski definition) is 2. The zero-order valence-electron chi connectivity index (χ0n) is 24.2. The van der Waals surface area contributed by atoms with E-state index in [1.54, 1.807) is 29.4 Å². The summed E-state index contributed by atoms with van der Waals surface area (Å²) in [7, 11) is 3.55. The summed E-state index contributed by atoms with van der Waals surface area (Å²) in [6.45, 7) is 6.25. The third-order valence-electron chi connectivity index (χ3n) is 7.26. The Morgan fingerprint density at radius 3 is 2.62 bits per heavy atom. The molecule has 2 N–H and O–H groups in total. The lowest BCUT2D eigenvalue weighted by Crippen LogP contribution is -2.46. The maximum Gasteiger partial charge on any atom is 0.406 e. The number of likely N-dealkylation sites (tertiary alicyclic amines) is 1. The first-order valence-electron chi connectivity index (χ1n) is 13.7. The number of aromatic nitrogens is 3. The highest BCUT2D eigenvalue weighted by atomic mass is 32.1. The van der Waals surface area contributed by atoms with E-state index in [2.05, 4.69) is 25.6 Å². The number of aliphatic imine (C=N–C) groups is 1. The van der Waals surface area contributed by atoms with Gasteiger partial charge in [-0.15, -0.1) is 16.4 Å². The number of alkyl halides is 3. The Kier molecular flexibility index (Phi) is 8.11. The molecule has 1 fully saturated rings. The molecule has 0 spiro atoms. The lowest BCUT2D eigenvalue weighted by molar-refractivity contribution is -0.141. The first-order chi connectivity index (χ1) is 19.7. The van der Waals surface area contributed by atoms with Gasteiger partial charge in [0.15, 0.2) is 6.17 Å². The van der Waals surface area contributed by atoms with Gasteiger partial charge >= 0.3 is 6.18 Å². The topological polar surface area (TPSA) is 109 Å². The molecule has 2 unspecified atom stereocenters. The van der Waals surface area contributed by atoms with E-state index in [0.717, 1.165) is 41.8 Å². The number of rotatable bonds is 7. The number of piperidine rings is 1. The van der Waals surface area contributed by atoms with Crippen molar-refractivity contribution in [2.45, 2.75) is 64.1 Å². The Morgan fingerprint density at radius 2 is 1.95 bits per heavy atom. The molecule has 3 aromatic rings. The predicted molar refractivity (Wildman–Crippen MR) is 152 cm³/mol. The molecule has 0 radical (unpaired) electrons. The number of amides is 2. The van der Waals surface area contributed by atoms with Gasteiger partial charge in [-0.05, 0) is 53.3 Å². The Bertz CT molecular complexity index is 1500. The quantitative estimate of drug-likeness (QED) is 0.423. The molecule has 2 aliphatic rings. The number of hydroxylamine groups is 2. The van der Waals surface area contributed by atoms with Gasteiger partial charge in [-0.25, -0.2) is 4.99 Å². The second kappa shape index (κ2) is 11.3. The molecule has 5 rings (SSSR count). The van der Waals surface area contributed by atoms with Gasteiger partial charge in [0.05, 0.1) is 35.1 Å². The third-order valence-corrected chi connectivity index (χ3v) is 8.27. The molecule has 0 aromatic carbocycles. The zero-order chi connectivity index (χ0) is 30.4. The number of nitrogens with one attached hydrogen (secondary N) is 2. The van der Waals surface area contributed by atoms with E-state index in [-0.39, 0.29) is 41.5 Å². The average molecular weight is 609 g/mol. The molecular weight excluding hydrogens is 573 g/mol. The standard InChI is InChI=1S/C27H35F3N8O3S/c1-26(2,3)38-12-16(10-32-38)23(39)31-11-21-34-22(36(5)41-21)20-9-18-19(14-42-25(18)37(20)15-27(28,29)30)24(40)33-17-7-6-8-35(4)13-17/h9-10,12,14,17,22H,6-8,11,13,15H2,1-5H3,(H,31,39)(H,33,40). The van der Waals surface area contributed by atoms with Gasteiger partial charge in [0.25, 0.3) is 11.8 Å². The molecule has 15 heteroatoms. The van der Waals surface area contributed by atoms with Gasteiger partial charge < -0.3 is 24.9 Å². The second-order valence-electron chi connectivity index (χ2n) is 11.8. The van der Waals surface area contributed by atoms with Crippen LogP contribution in [-0.2, 0) is 16.9 Å². The number of carbonyl (C=O) groups is 2. The van der Waals surface area contributed by atoms with Gasteiger partial charge in [0, 0.05) is 36.6 Å². The van der Waals surface area contributed by atoms with Crippen molar-refractivity contribution in [3.05, 3.63) is 40.7 Å². The predicted octanol–water partition coefficient (Wildman–Crippen LogP) is 3.74. The van der Waals surface area contributed by atoms with Gasteiger partial charge in [0.1, 0.15) is 11.4 Å². The van der Waals surface area contributed by atoms with Crippen molar-refractivity contribution in [1.82, 2.24) is 34.9 Å². The highest BCUT2D eigenvalue weighted by Crippen LogP contribution is 2.38. The van der Waals surface area contributed by atoms with E-state index in [1.165, 1.54) is 11.3 Å². The number of likely N-dealkylation sites (N-methyl/N-ethyl adjacent to an activating group) is 1. The number of thiophene rings is 1. The van der Waals surface area contributed by atoms with Crippen molar-refractivity contribution >= 4 is 39.3 Å². The molecule has 0 aliphatic carbocycles. The van der Waals surface area contributed by atoms with Crippen LogP contribution in [0.3, 0.4) is 0 Å². The number of fused-ring (bicyclic) bond motifs is 1. The van der Waals surface area contributed by atoms with Crippen molar-refractivity contribution < 1.29 is 27.6 Å². The van der Waals surface area contributed by atoms with Crippen LogP contribution in [0, 0.1) is 0 Å². The zero-order valence-corrected chi connectivity index (χ0v) is 25.0. The van der Waals surface area contributed by atoms with Crippen LogP contribution in [-0.4, -0.2) is 88.0 Å². The molecule has 5 heterocycles. The van der Waals surface area contributed by atoms with Crippen molar-refractivity contribution in [1.29, 1.82) is 0 Å². The summed E-state index contributed by atoms with van der Waals surface area (Å²) < 4.78 is 43.9. The second-order valence-corrected chi connectivity index (χ2v) is 12.6. The first-order valence-corrected chi connectivity index (χ1v) is 14.5. The minimum Gasteiger partial charge on any atom is -0.386 e. The van der Waals surface area contributed by atoms with Gasteiger partial charge in [-0.2, -0.15) is 18.3 Å². The molecule has 11 nitrogen and oxygen atoms in total. The summed E-state index contributed by atoms with van der Waals surface area (Å²) in [4.78, 5) is 38.5. The third kappa shape index (κ3) is 6.47. The average Bonchev–Trinajstić information content (AvgIpc) is 3.66. The molecule has 0 saturated carbocycles. The summed E-state index contributed by atoms with van der Waals surface area (Å²) in [6, 6.07) is 1.55. The van der Waals surface area contributed by atoms with Crippen LogP contribution in [0.4, 0.5) is 13.2 Å². The highest BCUT2D eigenvalue weighted by molar-refractivity contribution is 7.17. The van der Waals surface area contributed by atoms with Crippen LogP contribution in [0.1, 0.15) is 66.2 Å². The number of halogens is 3. The lowest BCUT2D eigenvalue weighted by Gasteiger charge is -2.30. The molecule has 2 atom stereocenters. The van der Waals surface area contributed by atoms with E-state index in [9.17, 15) is 22.8 Å². The van der Waals surface area contributed by atoms with Gasteiger partial charge in [-0.1, -0.05) is 0 Å². The fraction of sp³-hybridized carbons (Fsp3) is 0.556. The highest BCUT2D eigenvalue weighted by Gasteiger charge is 2.36. The molecule has 3 aromatic heterocycles. The van der Waals surface area contributed by atoms with Crippen LogP contribution in [0.15, 0.2) is 28.8 Å². The lowest BCUT2D eigenvalue weighted by atomic mass is 10.1. The van der Waals surface area contributed by atoms with Crippen molar-refractivity contribution in [3.63, 3.8) is 0 Å². The van der Waals surface area contributed by atoms with Crippen LogP contribution >= 0.6 is 11.3 Å². The fourth-order valence-corrected chi connectivity index (χ4v) is 6.24. The van der Waals surface area contributed by atoms with E-state index >= 15 is 0 Å². The van der Waals surface area contributed by atoms with Crippen LogP contribution in [0.25, 0.3) is 10.2 Å². The molecular formula is C27H35F3N8O3S. The number of nitrogens with zero attached hydrogens (tertiary/aromatic N) is 6. The van der Waals surface area contributed by atoms with E-state index in [4.69, 9.17) is 4.84 Å². The van der Waals surface area contributed by atoms with Crippen molar-refractivity contribution in [2.24, 2.45) is 4.99 Å². The van der Waals surface area contributed by atoms with Crippen LogP contribution in [0.5, 0.6) is 0 Å². The summed E-state index contributed by atoms with van der Waals surface area (Å²) in [5.41, 5.74) is 0.632. The molecule has 1 saturated heterocycles. The summed E-state index contributed by atoms with van der Waals surface area (Å²) >= 11 is 1.09. The van der Waals surface area contributed by atoms with E-state index in [1.807, 2.05) is 27.8 Å². The van der Waals surface area contributed by atoms with Crippen molar-refractivity contribution in [3.8, 4) is 0 Å². The minimum atomic E-state index is -4.50. The maximum atomic E-state index is 13.7. The molecule has 228 valence electrons. The summed E-state index contributed by atoms with van der Waals surface area (Å²) in [6.07, 6.45) is -0.508. The smallest absolute Gasteiger partial charge is 0.386 e. The maximum absolute atomic E-state index is 13.7. The number of hydrogen-bond acceptors (Lipinski definition) is 8. The monoisotopic (exact) mass is 608 g/mol. The first kappa shape index (κ1) is 30.0. The Labute approximate surface area is 245 Å². The Morgan fingerprint density at radius 1 is 1.19 bits per heavy atom. The SMILES string of the molecule is CN1CCCC(NC(=O)c2csc3c2cc(C2N=C(CNC(=O)c4cnn(C(C)(C)C)c4)ON2C)n3CC(F)(F)F)C1. The molecule has 2 aliphatic heterocycles. The van der Waals surface area contributed by atoms with Crippen molar-refractivity contribution in [2.75, 3.05) is 33.7 Å². The molecule has 2 amide bonds. The van der Waals surface area contributed by atoms with E-state index in [0.29, 0.717) is 21.3 Å². The Hall–Kier alpha value is -3.43. The fourth-order valence-electron chi connectivity index (χ4n) is 5.18. The number of carbonyl (C=O) groups excluding carboxylic acids is 2.